The summed E-state index contributed by atoms with van der Waals surface area (Å²) in [4.78, 5) is 33.8. The molecule has 1 fully saturated rings. The lowest BCUT2D eigenvalue weighted by atomic mass is 10.2. The molecule has 1 unspecified atom stereocenters. The molecule has 2 N–H and O–H groups in total. The number of carbonyl (C=O) groups excluding carboxylic acids is 3. The summed E-state index contributed by atoms with van der Waals surface area (Å²) in [5.41, 5.74) is 0.991. The first-order valence-corrected chi connectivity index (χ1v) is 6.35. The Bertz CT molecular complexity index is 475. The molecule has 2 rings (SSSR count). The number of hydrogen-bond acceptors (Lipinski definition) is 4. The number of nitrogens with one attached hydrogen (secondary N) is 2. The monoisotopic (exact) mass is 264 g/mol. The molecule has 1 aromatic rings. The molecule has 1 saturated heterocycles. The van der Waals surface area contributed by atoms with Crippen LogP contribution in [0.4, 0.5) is 4.79 Å². The minimum Gasteiger partial charge on any atom is -0.352 e. The Hall–Kier alpha value is -1.82. The molecule has 1 heterocycles. The molecule has 0 bridgehead atoms. The van der Waals surface area contributed by atoms with Crippen molar-refractivity contribution in [2.45, 2.75) is 18.2 Å². The van der Waals surface area contributed by atoms with Crippen LogP contribution in [0.25, 0.3) is 0 Å². The zero-order chi connectivity index (χ0) is 13.0. The first-order chi connectivity index (χ1) is 8.65. The molecular weight excluding hydrogens is 252 g/mol. The van der Waals surface area contributed by atoms with Gasteiger partial charge in [-0.05, 0) is 5.56 Å². The van der Waals surface area contributed by atoms with E-state index in [0.29, 0.717) is 6.54 Å². The highest BCUT2D eigenvalue weighted by molar-refractivity contribution is 8.15. The van der Waals surface area contributed by atoms with E-state index in [9.17, 15) is 14.4 Å². The summed E-state index contributed by atoms with van der Waals surface area (Å²) in [7, 11) is 0. The van der Waals surface area contributed by atoms with E-state index < -0.39 is 5.25 Å². The number of hydrogen-bond donors (Lipinski definition) is 2. The maximum Gasteiger partial charge on any atom is 0.286 e. The third kappa shape index (κ3) is 3.33. The van der Waals surface area contributed by atoms with Gasteiger partial charge in [-0.1, -0.05) is 42.1 Å². The highest BCUT2D eigenvalue weighted by atomic mass is 32.2. The molecule has 1 aliphatic rings. The van der Waals surface area contributed by atoms with Gasteiger partial charge >= 0.3 is 0 Å². The van der Waals surface area contributed by atoms with Gasteiger partial charge in [-0.25, -0.2) is 0 Å². The quantitative estimate of drug-likeness (QED) is 0.852. The second-order valence-corrected chi connectivity index (χ2v) is 5.03. The third-order valence-corrected chi connectivity index (χ3v) is 3.45. The first kappa shape index (κ1) is 12.6. The number of imide groups is 1. The van der Waals surface area contributed by atoms with Gasteiger partial charge in [0.2, 0.25) is 11.8 Å². The van der Waals surface area contributed by atoms with Crippen molar-refractivity contribution in [2.75, 3.05) is 0 Å². The summed E-state index contributed by atoms with van der Waals surface area (Å²) < 4.78 is 0. The van der Waals surface area contributed by atoms with Crippen LogP contribution in [0.1, 0.15) is 12.0 Å². The Morgan fingerprint density at radius 2 is 2.00 bits per heavy atom. The average molecular weight is 264 g/mol. The fourth-order valence-corrected chi connectivity index (χ4v) is 2.38. The largest absolute Gasteiger partial charge is 0.352 e. The molecule has 6 heteroatoms. The van der Waals surface area contributed by atoms with E-state index in [1.165, 1.54) is 0 Å². The van der Waals surface area contributed by atoms with Crippen molar-refractivity contribution >= 4 is 28.8 Å². The summed E-state index contributed by atoms with van der Waals surface area (Å²) in [5, 5.41) is 3.88. The van der Waals surface area contributed by atoms with Crippen LogP contribution in [-0.2, 0) is 16.1 Å². The molecule has 1 aromatic carbocycles. The molecule has 0 aromatic heterocycles. The maximum atomic E-state index is 11.6. The standard InChI is InChI=1S/C12H12N2O3S/c15-10(6-9-11(16)14-12(17)18-9)13-7-8-4-2-1-3-5-8/h1-5,9H,6-7H2,(H,13,15)(H,14,16,17). The molecule has 18 heavy (non-hydrogen) atoms. The molecule has 5 nitrogen and oxygen atoms in total. The Morgan fingerprint density at radius 3 is 2.61 bits per heavy atom. The van der Waals surface area contributed by atoms with E-state index in [4.69, 9.17) is 0 Å². The molecular formula is C12H12N2O3S. The third-order valence-electron chi connectivity index (χ3n) is 2.47. The molecule has 0 radical (unpaired) electrons. The van der Waals surface area contributed by atoms with Gasteiger partial charge in [-0.2, -0.15) is 0 Å². The summed E-state index contributed by atoms with van der Waals surface area (Å²) in [6.45, 7) is 0.423. The molecule has 0 aliphatic carbocycles. The Balaban J connectivity index is 1.79. The average Bonchev–Trinajstić information content (AvgIpc) is 2.67. The molecule has 0 spiro atoms. The van der Waals surface area contributed by atoms with E-state index in [2.05, 4.69) is 10.6 Å². The van der Waals surface area contributed by atoms with E-state index in [1.807, 2.05) is 30.3 Å². The molecule has 0 saturated carbocycles. The molecule has 1 atom stereocenters. The Labute approximate surface area is 108 Å². The Morgan fingerprint density at radius 1 is 1.28 bits per heavy atom. The topological polar surface area (TPSA) is 75.3 Å². The van der Waals surface area contributed by atoms with E-state index in [-0.39, 0.29) is 23.5 Å². The normalized spacial score (nSPS) is 18.6. The second-order valence-electron chi connectivity index (χ2n) is 3.85. The van der Waals surface area contributed by atoms with E-state index >= 15 is 0 Å². The van der Waals surface area contributed by atoms with Gasteiger partial charge in [-0.3, -0.25) is 19.7 Å². The summed E-state index contributed by atoms with van der Waals surface area (Å²) >= 11 is 0.863. The maximum absolute atomic E-state index is 11.6. The zero-order valence-electron chi connectivity index (χ0n) is 9.51. The van der Waals surface area contributed by atoms with Crippen molar-refractivity contribution in [2.24, 2.45) is 0 Å². The fraction of sp³-hybridized carbons (Fsp3) is 0.250. The first-order valence-electron chi connectivity index (χ1n) is 5.47. The SMILES string of the molecule is O=C(CC1SC(=O)NC1=O)NCc1ccccc1. The van der Waals surface area contributed by atoms with E-state index in [0.717, 1.165) is 17.3 Å². The fourth-order valence-electron chi connectivity index (χ4n) is 1.56. The van der Waals surface area contributed by atoms with Gasteiger partial charge in [-0.15, -0.1) is 0 Å². The van der Waals surface area contributed by atoms with Crippen LogP contribution in [0.2, 0.25) is 0 Å². The summed E-state index contributed by atoms with van der Waals surface area (Å²) in [6, 6.07) is 9.49. The second kappa shape index (κ2) is 5.68. The number of thioether (sulfide) groups is 1. The lowest BCUT2D eigenvalue weighted by Crippen LogP contribution is -2.30. The van der Waals surface area contributed by atoms with Gasteiger partial charge in [0.05, 0.1) is 0 Å². The molecule has 94 valence electrons. The van der Waals surface area contributed by atoms with Crippen LogP contribution in [0.15, 0.2) is 30.3 Å². The number of amides is 3. The summed E-state index contributed by atoms with van der Waals surface area (Å²) in [6.07, 6.45) is 0.0229. The van der Waals surface area contributed by atoms with Gasteiger partial charge in [0.1, 0.15) is 5.25 Å². The predicted molar refractivity (Wildman–Crippen MR) is 67.8 cm³/mol. The van der Waals surface area contributed by atoms with Gasteiger partial charge in [0.25, 0.3) is 5.24 Å². The van der Waals surface area contributed by atoms with Crippen molar-refractivity contribution in [3.05, 3.63) is 35.9 Å². The van der Waals surface area contributed by atoms with Crippen molar-refractivity contribution in [1.82, 2.24) is 10.6 Å². The van der Waals surface area contributed by atoms with Crippen LogP contribution >= 0.6 is 11.8 Å². The van der Waals surface area contributed by atoms with Crippen molar-refractivity contribution < 1.29 is 14.4 Å². The predicted octanol–water partition coefficient (Wildman–Crippen LogP) is 1.04. The number of carbonyl (C=O) groups is 3. The lowest BCUT2D eigenvalue weighted by Gasteiger charge is -2.07. The smallest absolute Gasteiger partial charge is 0.286 e. The van der Waals surface area contributed by atoms with Gasteiger partial charge in [0.15, 0.2) is 0 Å². The van der Waals surface area contributed by atoms with Gasteiger partial charge in [0, 0.05) is 13.0 Å². The number of rotatable bonds is 4. The Kier molecular flexibility index (Phi) is 3.99. The van der Waals surface area contributed by atoms with Crippen molar-refractivity contribution in [3.8, 4) is 0 Å². The van der Waals surface area contributed by atoms with Gasteiger partial charge < -0.3 is 5.32 Å². The zero-order valence-corrected chi connectivity index (χ0v) is 10.3. The molecule has 3 amide bonds. The highest BCUT2D eigenvalue weighted by Gasteiger charge is 2.33. The summed E-state index contributed by atoms with van der Waals surface area (Å²) in [5.74, 6) is -0.624. The van der Waals surface area contributed by atoms with Crippen molar-refractivity contribution in [1.29, 1.82) is 0 Å². The van der Waals surface area contributed by atoms with Crippen molar-refractivity contribution in [3.63, 3.8) is 0 Å². The van der Waals surface area contributed by atoms with Crippen LogP contribution in [0.5, 0.6) is 0 Å². The van der Waals surface area contributed by atoms with Crippen LogP contribution in [-0.4, -0.2) is 22.3 Å². The molecule has 1 aliphatic heterocycles. The lowest BCUT2D eigenvalue weighted by molar-refractivity contribution is -0.125. The van der Waals surface area contributed by atoms with E-state index in [1.54, 1.807) is 0 Å². The van der Waals surface area contributed by atoms with Crippen LogP contribution in [0.3, 0.4) is 0 Å². The minimum atomic E-state index is -0.603. The number of benzene rings is 1. The minimum absolute atomic E-state index is 0.0229. The van der Waals surface area contributed by atoms with Crippen LogP contribution in [0, 0.1) is 0 Å². The van der Waals surface area contributed by atoms with Crippen LogP contribution < -0.4 is 10.6 Å². The highest BCUT2D eigenvalue weighted by Crippen LogP contribution is 2.21.